The van der Waals surface area contributed by atoms with E-state index in [-0.39, 0.29) is 5.56 Å². The fourth-order valence-corrected chi connectivity index (χ4v) is 3.49. The lowest BCUT2D eigenvalue weighted by atomic mass is 10.2. The predicted molar refractivity (Wildman–Crippen MR) is 103 cm³/mol. The molecule has 1 aromatic carbocycles. The molecule has 3 aromatic rings. The number of benzene rings is 1. The maximum Gasteiger partial charge on any atom is 0.266 e. The molecule has 26 heavy (non-hydrogen) atoms. The monoisotopic (exact) mass is 369 g/mol. The minimum atomic E-state index is -0.116. The van der Waals surface area contributed by atoms with Gasteiger partial charge in [-0.05, 0) is 31.3 Å². The molecule has 0 amide bonds. The Morgan fingerprint density at radius 3 is 2.62 bits per heavy atom. The molecule has 134 valence electrons. The van der Waals surface area contributed by atoms with Crippen molar-refractivity contribution in [3.8, 4) is 5.69 Å². The summed E-state index contributed by atoms with van der Waals surface area (Å²) in [6, 6.07) is 11.0. The molecule has 1 fully saturated rings. The van der Waals surface area contributed by atoms with Gasteiger partial charge in [-0.15, -0.1) is 0 Å². The van der Waals surface area contributed by atoms with Crippen LogP contribution in [0, 0.1) is 0 Å². The van der Waals surface area contributed by atoms with Gasteiger partial charge in [-0.2, -0.15) is 0 Å². The Kier molecular flexibility index (Phi) is 4.72. The van der Waals surface area contributed by atoms with Crippen molar-refractivity contribution in [1.29, 1.82) is 0 Å². The molecule has 2 aromatic heterocycles. The summed E-state index contributed by atoms with van der Waals surface area (Å²) < 4.78 is 1.61. The van der Waals surface area contributed by atoms with Crippen LogP contribution in [0.2, 0.25) is 5.15 Å². The van der Waals surface area contributed by atoms with E-state index in [2.05, 4.69) is 21.8 Å². The van der Waals surface area contributed by atoms with Gasteiger partial charge >= 0.3 is 0 Å². The minimum absolute atomic E-state index is 0.116. The van der Waals surface area contributed by atoms with E-state index in [0.717, 1.165) is 26.2 Å². The summed E-state index contributed by atoms with van der Waals surface area (Å²) in [6.07, 6.45) is 1.62. The highest BCUT2D eigenvalue weighted by Crippen LogP contribution is 2.20. The second kappa shape index (κ2) is 7.15. The van der Waals surface area contributed by atoms with Crippen LogP contribution in [-0.2, 0) is 6.54 Å². The molecule has 7 heteroatoms. The van der Waals surface area contributed by atoms with E-state index in [0.29, 0.717) is 34.1 Å². The normalized spacial score (nSPS) is 16.2. The fourth-order valence-electron chi connectivity index (χ4n) is 3.28. The van der Waals surface area contributed by atoms with Crippen LogP contribution in [0.1, 0.15) is 5.82 Å². The van der Waals surface area contributed by atoms with Crippen molar-refractivity contribution in [1.82, 2.24) is 24.3 Å². The average Bonchev–Trinajstić information content (AvgIpc) is 2.65. The molecule has 0 saturated carbocycles. The van der Waals surface area contributed by atoms with Crippen molar-refractivity contribution in [2.45, 2.75) is 6.54 Å². The summed E-state index contributed by atoms with van der Waals surface area (Å²) in [6.45, 7) is 4.50. The highest BCUT2D eigenvalue weighted by Gasteiger charge is 2.20. The number of nitrogens with zero attached hydrogens (tertiary/aromatic N) is 5. The topological polar surface area (TPSA) is 54.3 Å². The molecular weight excluding hydrogens is 350 g/mol. The number of hydrogen-bond donors (Lipinski definition) is 0. The maximum atomic E-state index is 13.2. The van der Waals surface area contributed by atoms with Crippen molar-refractivity contribution in [3.63, 3.8) is 0 Å². The maximum absolute atomic E-state index is 13.2. The predicted octanol–water partition coefficient (Wildman–Crippen LogP) is 2.18. The van der Waals surface area contributed by atoms with Gasteiger partial charge in [0.2, 0.25) is 0 Å². The number of rotatable bonds is 3. The average molecular weight is 370 g/mol. The van der Waals surface area contributed by atoms with Gasteiger partial charge in [-0.1, -0.05) is 23.7 Å². The van der Waals surface area contributed by atoms with Gasteiger partial charge in [0.25, 0.3) is 5.56 Å². The van der Waals surface area contributed by atoms with Crippen LogP contribution in [0.4, 0.5) is 0 Å². The van der Waals surface area contributed by atoms with E-state index in [9.17, 15) is 4.79 Å². The molecule has 6 nitrogen and oxygen atoms in total. The molecule has 0 N–H and O–H groups in total. The number of fused-ring (bicyclic) bond motifs is 1. The molecule has 0 radical (unpaired) electrons. The van der Waals surface area contributed by atoms with Gasteiger partial charge in [0, 0.05) is 32.4 Å². The second-order valence-corrected chi connectivity index (χ2v) is 6.94. The molecule has 0 aliphatic carbocycles. The Morgan fingerprint density at radius 1 is 1.08 bits per heavy atom. The summed E-state index contributed by atoms with van der Waals surface area (Å²) in [5.41, 5.74) is 1.16. The number of likely N-dealkylation sites (N-methyl/N-ethyl adjacent to an activating group) is 1. The largest absolute Gasteiger partial charge is 0.304 e. The van der Waals surface area contributed by atoms with E-state index in [4.69, 9.17) is 16.6 Å². The third-order valence-corrected chi connectivity index (χ3v) is 5.08. The van der Waals surface area contributed by atoms with E-state index >= 15 is 0 Å². The van der Waals surface area contributed by atoms with Gasteiger partial charge in [0.15, 0.2) is 5.15 Å². The smallest absolute Gasteiger partial charge is 0.266 e. The molecule has 4 rings (SSSR count). The Hall–Kier alpha value is -2.28. The number of aromatic nitrogens is 3. The van der Waals surface area contributed by atoms with E-state index in [1.807, 2.05) is 18.2 Å². The first-order valence-electron chi connectivity index (χ1n) is 8.66. The quantitative estimate of drug-likeness (QED) is 0.662. The zero-order valence-electron chi connectivity index (χ0n) is 14.6. The lowest BCUT2D eigenvalue weighted by Gasteiger charge is -2.32. The molecule has 0 spiro atoms. The van der Waals surface area contributed by atoms with E-state index in [1.165, 1.54) is 0 Å². The number of halogens is 1. The highest BCUT2D eigenvalue weighted by atomic mass is 35.5. The standard InChI is InChI=1S/C19H20ClN5O/c1-23-9-11-24(12-10-23)13-17-22-15-6-3-2-5-14(15)19(26)25(17)16-7-4-8-21-18(16)20/h2-8H,9-13H2,1H3. The summed E-state index contributed by atoms with van der Waals surface area (Å²) in [7, 11) is 2.12. The van der Waals surface area contributed by atoms with Gasteiger partial charge in [0.1, 0.15) is 5.82 Å². The van der Waals surface area contributed by atoms with Crippen molar-refractivity contribution >= 4 is 22.5 Å². The highest BCUT2D eigenvalue weighted by molar-refractivity contribution is 6.31. The minimum Gasteiger partial charge on any atom is -0.304 e. The van der Waals surface area contributed by atoms with Crippen LogP contribution in [0.15, 0.2) is 47.4 Å². The SMILES string of the molecule is CN1CCN(Cc2nc3ccccc3c(=O)n2-c2cccnc2Cl)CC1. The Balaban J connectivity index is 1.86. The molecule has 1 aliphatic rings. The molecule has 0 bridgehead atoms. The number of piperazine rings is 1. The van der Waals surface area contributed by atoms with Crippen LogP contribution in [-0.4, -0.2) is 57.6 Å². The van der Waals surface area contributed by atoms with Crippen molar-refractivity contribution < 1.29 is 0 Å². The lowest BCUT2D eigenvalue weighted by Crippen LogP contribution is -2.44. The number of hydrogen-bond acceptors (Lipinski definition) is 5. The summed E-state index contributed by atoms with van der Waals surface area (Å²) in [4.78, 5) is 26.7. The zero-order chi connectivity index (χ0) is 18.1. The molecule has 3 heterocycles. The third-order valence-electron chi connectivity index (χ3n) is 4.79. The summed E-state index contributed by atoms with van der Waals surface area (Å²) >= 11 is 6.30. The first kappa shape index (κ1) is 17.1. The van der Waals surface area contributed by atoms with Gasteiger partial charge in [0.05, 0.1) is 23.1 Å². The van der Waals surface area contributed by atoms with Crippen LogP contribution < -0.4 is 5.56 Å². The summed E-state index contributed by atoms with van der Waals surface area (Å²) in [5.74, 6) is 0.688. The molecule has 1 aliphatic heterocycles. The van der Waals surface area contributed by atoms with E-state index in [1.54, 1.807) is 29.0 Å². The first-order chi connectivity index (χ1) is 12.6. The third kappa shape index (κ3) is 3.23. The van der Waals surface area contributed by atoms with Gasteiger partial charge in [-0.3, -0.25) is 14.3 Å². The van der Waals surface area contributed by atoms with Crippen LogP contribution in [0.5, 0.6) is 0 Å². The van der Waals surface area contributed by atoms with Crippen LogP contribution in [0.3, 0.4) is 0 Å². The summed E-state index contributed by atoms with van der Waals surface area (Å²) in [5, 5.41) is 0.876. The number of pyridine rings is 1. The zero-order valence-corrected chi connectivity index (χ0v) is 15.4. The molecule has 1 saturated heterocycles. The number of para-hydroxylation sites is 1. The van der Waals surface area contributed by atoms with Crippen molar-refractivity contribution in [3.05, 3.63) is 63.9 Å². The Bertz CT molecular complexity index is 995. The van der Waals surface area contributed by atoms with Crippen molar-refractivity contribution in [2.75, 3.05) is 33.2 Å². The Morgan fingerprint density at radius 2 is 1.85 bits per heavy atom. The molecule has 0 atom stereocenters. The van der Waals surface area contributed by atoms with Crippen LogP contribution in [0.25, 0.3) is 16.6 Å². The second-order valence-electron chi connectivity index (χ2n) is 6.58. The van der Waals surface area contributed by atoms with E-state index < -0.39 is 0 Å². The van der Waals surface area contributed by atoms with Crippen molar-refractivity contribution in [2.24, 2.45) is 0 Å². The molecular formula is C19H20ClN5O. The molecule has 0 unspecified atom stereocenters. The van der Waals surface area contributed by atoms with Gasteiger partial charge in [-0.25, -0.2) is 9.97 Å². The fraction of sp³-hybridized carbons (Fsp3) is 0.316. The first-order valence-corrected chi connectivity index (χ1v) is 9.04. The lowest BCUT2D eigenvalue weighted by molar-refractivity contribution is 0.144. The van der Waals surface area contributed by atoms with Crippen LogP contribution >= 0.6 is 11.6 Å². The van der Waals surface area contributed by atoms with Gasteiger partial charge < -0.3 is 4.90 Å². The Labute approximate surface area is 156 Å².